The van der Waals surface area contributed by atoms with Crippen molar-refractivity contribution in [3.63, 3.8) is 0 Å². The predicted octanol–water partition coefficient (Wildman–Crippen LogP) is 2.65. The fourth-order valence-corrected chi connectivity index (χ4v) is 2.40. The maximum Gasteiger partial charge on any atom is 0.437 e. The van der Waals surface area contributed by atoms with Gasteiger partial charge in [0.25, 0.3) is 0 Å². The van der Waals surface area contributed by atoms with Gasteiger partial charge < -0.3 is 19.5 Å². The van der Waals surface area contributed by atoms with Crippen LogP contribution in [-0.4, -0.2) is 58.5 Å². The molecule has 1 heterocycles. The molecule has 1 aliphatic rings. The molecule has 0 radical (unpaired) electrons. The van der Waals surface area contributed by atoms with Gasteiger partial charge in [0, 0.05) is 6.54 Å². The summed E-state index contributed by atoms with van der Waals surface area (Å²) in [5.41, 5.74) is -1.38. The van der Waals surface area contributed by atoms with Crippen molar-refractivity contribution >= 4 is 18.1 Å². The van der Waals surface area contributed by atoms with E-state index in [1.165, 1.54) is 0 Å². The number of alkyl carbamates (subject to hydrolysis) is 1. The zero-order valence-corrected chi connectivity index (χ0v) is 16.1. The Balaban J connectivity index is 3.00. The monoisotopic (exact) mass is 357 g/mol. The topological polar surface area (TPSA) is 100 Å². The Morgan fingerprint density at radius 1 is 1.12 bits per heavy atom. The normalized spacial score (nSPS) is 19.4. The Bertz CT molecular complexity index is 505. The van der Waals surface area contributed by atoms with Gasteiger partial charge in [0.05, 0.1) is 12.6 Å². The SMILES string of the molecule is CC(C)(C)OC(=O)N=C(NC(=O)OC(C)(C)C)N1CCCCC1CO. The highest BCUT2D eigenvalue weighted by Gasteiger charge is 2.29. The molecule has 0 aromatic heterocycles. The summed E-state index contributed by atoms with van der Waals surface area (Å²) in [7, 11) is 0. The lowest BCUT2D eigenvalue weighted by Gasteiger charge is -2.36. The zero-order chi connectivity index (χ0) is 19.3. The van der Waals surface area contributed by atoms with Crippen LogP contribution in [-0.2, 0) is 9.47 Å². The van der Waals surface area contributed by atoms with Crippen molar-refractivity contribution in [2.24, 2.45) is 4.99 Å². The lowest BCUT2D eigenvalue weighted by atomic mass is 10.0. The molecule has 1 saturated heterocycles. The number of amides is 2. The molecular weight excluding hydrogens is 326 g/mol. The molecule has 1 atom stereocenters. The summed E-state index contributed by atoms with van der Waals surface area (Å²) in [6.07, 6.45) is 1.07. The molecule has 0 saturated carbocycles. The lowest BCUT2D eigenvalue weighted by molar-refractivity contribution is 0.0543. The average molecular weight is 357 g/mol. The van der Waals surface area contributed by atoms with Crippen molar-refractivity contribution in [1.82, 2.24) is 10.2 Å². The van der Waals surface area contributed by atoms with Crippen LogP contribution >= 0.6 is 0 Å². The minimum Gasteiger partial charge on any atom is -0.444 e. The molecule has 0 bridgehead atoms. The van der Waals surface area contributed by atoms with Crippen LogP contribution < -0.4 is 5.32 Å². The van der Waals surface area contributed by atoms with Gasteiger partial charge in [0.15, 0.2) is 0 Å². The van der Waals surface area contributed by atoms with E-state index in [2.05, 4.69) is 10.3 Å². The van der Waals surface area contributed by atoms with Crippen molar-refractivity contribution in [2.45, 2.75) is 78.0 Å². The van der Waals surface area contributed by atoms with E-state index in [4.69, 9.17) is 9.47 Å². The first-order valence-corrected chi connectivity index (χ1v) is 8.60. The number of carbonyl (C=O) groups excluding carboxylic acids is 2. The molecule has 0 aliphatic carbocycles. The fraction of sp³-hybridized carbons (Fsp3) is 0.824. The van der Waals surface area contributed by atoms with Gasteiger partial charge in [-0.1, -0.05) is 0 Å². The van der Waals surface area contributed by atoms with Gasteiger partial charge in [-0.3, -0.25) is 5.32 Å². The maximum atomic E-state index is 12.1. The summed E-state index contributed by atoms with van der Waals surface area (Å²) in [5, 5.41) is 12.1. The highest BCUT2D eigenvalue weighted by molar-refractivity contribution is 5.99. The van der Waals surface area contributed by atoms with Gasteiger partial charge in [-0.05, 0) is 60.8 Å². The molecule has 8 heteroatoms. The Morgan fingerprint density at radius 2 is 1.72 bits per heavy atom. The van der Waals surface area contributed by atoms with Crippen LogP contribution in [0.3, 0.4) is 0 Å². The first-order valence-electron chi connectivity index (χ1n) is 8.60. The van der Waals surface area contributed by atoms with Crippen molar-refractivity contribution in [3.05, 3.63) is 0 Å². The molecule has 1 unspecified atom stereocenters. The molecule has 8 nitrogen and oxygen atoms in total. The molecule has 0 spiro atoms. The van der Waals surface area contributed by atoms with Crippen molar-refractivity contribution in [2.75, 3.05) is 13.2 Å². The van der Waals surface area contributed by atoms with Gasteiger partial charge in [-0.2, -0.15) is 0 Å². The number of likely N-dealkylation sites (tertiary alicyclic amines) is 1. The fourth-order valence-electron chi connectivity index (χ4n) is 2.40. The molecule has 2 amide bonds. The largest absolute Gasteiger partial charge is 0.444 e. The molecule has 1 aliphatic heterocycles. The van der Waals surface area contributed by atoms with Gasteiger partial charge in [0.2, 0.25) is 5.96 Å². The number of aliphatic imine (C=N–C) groups is 1. The Kier molecular flexibility index (Phi) is 7.22. The van der Waals surface area contributed by atoms with Gasteiger partial charge >= 0.3 is 12.2 Å². The third kappa shape index (κ3) is 8.20. The van der Waals surface area contributed by atoms with Crippen LogP contribution in [0.1, 0.15) is 60.8 Å². The van der Waals surface area contributed by atoms with Gasteiger partial charge in [-0.25, -0.2) is 9.59 Å². The summed E-state index contributed by atoms with van der Waals surface area (Å²) >= 11 is 0. The summed E-state index contributed by atoms with van der Waals surface area (Å²) in [6.45, 7) is 10.9. The number of nitrogens with zero attached hydrogens (tertiary/aromatic N) is 2. The Morgan fingerprint density at radius 3 is 2.24 bits per heavy atom. The van der Waals surface area contributed by atoms with Crippen LogP contribution in [0.15, 0.2) is 4.99 Å². The van der Waals surface area contributed by atoms with E-state index in [1.807, 2.05) is 0 Å². The maximum absolute atomic E-state index is 12.1. The van der Waals surface area contributed by atoms with Crippen molar-refractivity contribution in [1.29, 1.82) is 0 Å². The number of aliphatic hydroxyl groups is 1. The molecule has 0 aromatic rings. The summed E-state index contributed by atoms with van der Waals surface area (Å²) in [6, 6.07) is -0.218. The van der Waals surface area contributed by atoms with Crippen molar-refractivity contribution < 1.29 is 24.2 Å². The summed E-state index contributed by atoms with van der Waals surface area (Å²) < 4.78 is 10.4. The quantitative estimate of drug-likeness (QED) is 0.553. The van der Waals surface area contributed by atoms with E-state index in [9.17, 15) is 14.7 Å². The van der Waals surface area contributed by atoms with Crippen LogP contribution in [0.2, 0.25) is 0 Å². The number of rotatable bonds is 1. The number of nitrogens with one attached hydrogen (secondary N) is 1. The lowest BCUT2D eigenvalue weighted by Crippen LogP contribution is -2.53. The molecule has 25 heavy (non-hydrogen) atoms. The standard InChI is InChI=1S/C17H31N3O5/c1-16(2,3)24-14(22)18-13(19-15(23)25-17(4,5)6)20-10-8-7-9-12(20)11-21/h12,21H,7-11H2,1-6H3,(H,18,19,22,23). The number of ether oxygens (including phenoxy) is 2. The molecule has 2 N–H and O–H groups in total. The van der Waals surface area contributed by atoms with E-state index < -0.39 is 23.4 Å². The zero-order valence-electron chi connectivity index (χ0n) is 16.1. The van der Waals surface area contributed by atoms with E-state index in [-0.39, 0.29) is 18.6 Å². The second-order valence-corrected chi connectivity index (χ2v) is 8.07. The summed E-state index contributed by atoms with van der Waals surface area (Å²) in [4.78, 5) is 29.8. The Labute approximate surface area is 149 Å². The van der Waals surface area contributed by atoms with Crippen LogP contribution in [0.5, 0.6) is 0 Å². The second-order valence-electron chi connectivity index (χ2n) is 8.07. The minimum atomic E-state index is -0.805. The first-order chi connectivity index (χ1) is 11.4. The third-order valence-electron chi connectivity index (χ3n) is 3.31. The molecule has 0 aromatic carbocycles. The smallest absolute Gasteiger partial charge is 0.437 e. The third-order valence-corrected chi connectivity index (χ3v) is 3.31. The predicted molar refractivity (Wildman–Crippen MR) is 94.5 cm³/mol. The second kappa shape index (κ2) is 8.51. The van der Waals surface area contributed by atoms with Crippen LogP contribution in [0, 0.1) is 0 Å². The number of aliphatic hydroxyl groups excluding tert-OH is 1. The highest BCUT2D eigenvalue weighted by Crippen LogP contribution is 2.18. The number of guanidine groups is 1. The number of hydrogen-bond acceptors (Lipinski definition) is 5. The highest BCUT2D eigenvalue weighted by atomic mass is 16.6. The van der Waals surface area contributed by atoms with Gasteiger partial charge in [0.1, 0.15) is 11.2 Å². The molecule has 1 fully saturated rings. The Hall–Kier alpha value is -1.83. The number of piperidine rings is 1. The minimum absolute atomic E-state index is 0.0438. The molecule has 1 rings (SSSR count). The average Bonchev–Trinajstić information content (AvgIpc) is 2.42. The summed E-state index contributed by atoms with van der Waals surface area (Å²) in [5.74, 6) is 0.0438. The first kappa shape index (κ1) is 21.2. The van der Waals surface area contributed by atoms with E-state index >= 15 is 0 Å². The number of carbonyl (C=O) groups is 2. The molecular formula is C17H31N3O5. The van der Waals surface area contributed by atoms with E-state index in [0.29, 0.717) is 6.54 Å². The van der Waals surface area contributed by atoms with Crippen molar-refractivity contribution in [3.8, 4) is 0 Å². The van der Waals surface area contributed by atoms with Gasteiger partial charge in [-0.15, -0.1) is 4.99 Å². The number of hydrogen-bond donors (Lipinski definition) is 2. The van der Waals surface area contributed by atoms with E-state index in [0.717, 1.165) is 19.3 Å². The van der Waals surface area contributed by atoms with Crippen LogP contribution in [0.4, 0.5) is 9.59 Å². The van der Waals surface area contributed by atoms with Crippen LogP contribution in [0.25, 0.3) is 0 Å². The molecule has 144 valence electrons. The van der Waals surface area contributed by atoms with E-state index in [1.54, 1.807) is 46.4 Å².